The summed E-state index contributed by atoms with van der Waals surface area (Å²) >= 11 is 0. The van der Waals surface area contributed by atoms with Gasteiger partial charge in [0.05, 0.1) is 12.7 Å². The van der Waals surface area contributed by atoms with Crippen molar-refractivity contribution < 1.29 is 9.53 Å². The fraction of sp³-hybridized carbons (Fsp3) is 0.900. The number of rotatable bonds is 9. The van der Waals surface area contributed by atoms with E-state index in [0.717, 1.165) is 71.1 Å². The molecule has 28 heavy (non-hydrogen) atoms. The fourth-order valence-electron chi connectivity index (χ4n) is 4.01. The summed E-state index contributed by atoms with van der Waals surface area (Å²) in [6.45, 7) is 13.1. The number of ether oxygens (including phenoxy) is 1. The van der Waals surface area contributed by atoms with Crippen LogP contribution in [0.5, 0.6) is 0 Å². The second-order valence-electron chi connectivity index (χ2n) is 8.07. The Morgan fingerprint density at radius 2 is 2.11 bits per heavy atom. The third-order valence-corrected chi connectivity index (χ3v) is 5.36. The Hall–Kier alpha value is -0.610. The van der Waals surface area contributed by atoms with Crippen LogP contribution in [0.4, 0.5) is 0 Å². The number of hydrogen-bond donors (Lipinski definition) is 2. The van der Waals surface area contributed by atoms with Crippen molar-refractivity contribution in [1.29, 1.82) is 0 Å². The van der Waals surface area contributed by atoms with Crippen molar-refractivity contribution in [3.8, 4) is 0 Å². The van der Waals surface area contributed by atoms with Gasteiger partial charge in [-0.05, 0) is 25.2 Å². The number of likely N-dealkylation sites (tertiary alicyclic amines) is 1. The maximum Gasteiger partial charge on any atom is 0.222 e. The summed E-state index contributed by atoms with van der Waals surface area (Å²) in [5.41, 5.74) is 0. The van der Waals surface area contributed by atoms with Gasteiger partial charge in [0.15, 0.2) is 5.96 Å². The quantitative estimate of drug-likeness (QED) is 0.283. The molecule has 2 saturated heterocycles. The molecule has 1 amide bonds. The van der Waals surface area contributed by atoms with E-state index in [0.29, 0.717) is 24.3 Å². The lowest BCUT2D eigenvalue weighted by Crippen LogP contribution is -2.50. The molecular formula is C20H40IN5O2. The van der Waals surface area contributed by atoms with Gasteiger partial charge < -0.3 is 20.3 Å². The van der Waals surface area contributed by atoms with Gasteiger partial charge in [0, 0.05) is 58.8 Å². The summed E-state index contributed by atoms with van der Waals surface area (Å²) < 4.78 is 5.89. The monoisotopic (exact) mass is 509 g/mol. The van der Waals surface area contributed by atoms with Crippen molar-refractivity contribution in [2.75, 3.05) is 52.9 Å². The molecule has 0 aliphatic carbocycles. The lowest BCUT2D eigenvalue weighted by Gasteiger charge is -2.34. The van der Waals surface area contributed by atoms with Crippen LogP contribution >= 0.6 is 24.0 Å². The average Bonchev–Trinajstić information content (AvgIpc) is 3.07. The number of nitrogens with one attached hydrogen (secondary N) is 2. The summed E-state index contributed by atoms with van der Waals surface area (Å²) in [5, 5.41) is 6.78. The molecule has 8 heteroatoms. The minimum absolute atomic E-state index is 0. The molecule has 2 N–H and O–H groups in total. The van der Waals surface area contributed by atoms with Crippen molar-refractivity contribution in [1.82, 2.24) is 20.4 Å². The van der Waals surface area contributed by atoms with Gasteiger partial charge in [-0.25, -0.2) is 0 Å². The zero-order valence-corrected chi connectivity index (χ0v) is 20.4. The van der Waals surface area contributed by atoms with Crippen molar-refractivity contribution in [3.63, 3.8) is 0 Å². The zero-order chi connectivity index (χ0) is 19.6. The first-order chi connectivity index (χ1) is 13.0. The summed E-state index contributed by atoms with van der Waals surface area (Å²) in [4.78, 5) is 20.8. The molecule has 0 aromatic carbocycles. The van der Waals surface area contributed by atoms with E-state index in [4.69, 9.17) is 4.74 Å². The molecule has 7 nitrogen and oxygen atoms in total. The standard InChI is InChI=1S/C20H39N5O2.HI/c1-5-17(25-10-6-7-19(25)26)8-9-22-20(21-4)23-13-18-15-24(11-12-27-18)14-16(2)3;/h16-18H,5-15H2,1-4H3,(H2,21,22,23);1H. The van der Waals surface area contributed by atoms with Gasteiger partial charge in [0.2, 0.25) is 5.91 Å². The molecule has 0 radical (unpaired) electrons. The highest BCUT2D eigenvalue weighted by atomic mass is 127. The lowest BCUT2D eigenvalue weighted by molar-refractivity contribution is -0.129. The van der Waals surface area contributed by atoms with Gasteiger partial charge in [-0.15, -0.1) is 24.0 Å². The third kappa shape index (κ3) is 8.41. The van der Waals surface area contributed by atoms with Crippen LogP contribution in [0.2, 0.25) is 0 Å². The highest BCUT2D eigenvalue weighted by Gasteiger charge is 2.26. The van der Waals surface area contributed by atoms with Crippen molar-refractivity contribution >= 4 is 35.8 Å². The van der Waals surface area contributed by atoms with E-state index < -0.39 is 0 Å². The number of hydrogen-bond acceptors (Lipinski definition) is 4. The fourth-order valence-corrected chi connectivity index (χ4v) is 4.01. The van der Waals surface area contributed by atoms with Gasteiger partial charge in [0.1, 0.15) is 0 Å². The number of morpholine rings is 1. The van der Waals surface area contributed by atoms with Crippen molar-refractivity contribution in [2.24, 2.45) is 10.9 Å². The molecular weight excluding hydrogens is 469 g/mol. The van der Waals surface area contributed by atoms with E-state index in [1.54, 1.807) is 7.05 Å². The molecule has 2 rings (SSSR count). The summed E-state index contributed by atoms with van der Waals surface area (Å²) in [7, 11) is 1.80. The molecule has 2 unspecified atom stereocenters. The Labute approximate surface area is 188 Å². The van der Waals surface area contributed by atoms with E-state index in [1.807, 2.05) is 0 Å². The molecule has 2 aliphatic rings. The van der Waals surface area contributed by atoms with Crippen LogP contribution in [0.1, 0.15) is 46.5 Å². The molecule has 0 aromatic rings. The van der Waals surface area contributed by atoms with E-state index in [1.165, 1.54) is 0 Å². The van der Waals surface area contributed by atoms with E-state index in [2.05, 4.69) is 46.2 Å². The Bertz CT molecular complexity index is 489. The van der Waals surface area contributed by atoms with Gasteiger partial charge in [-0.1, -0.05) is 20.8 Å². The highest BCUT2D eigenvalue weighted by molar-refractivity contribution is 14.0. The SMILES string of the molecule is CCC(CCNC(=NC)NCC1CN(CC(C)C)CCO1)N1CCCC1=O.I. The Morgan fingerprint density at radius 3 is 2.71 bits per heavy atom. The number of carbonyl (C=O) groups excluding carboxylic acids is 1. The van der Waals surface area contributed by atoms with Crippen LogP contribution in [0.3, 0.4) is 0 Å². The maximum atomic E-state index is 12.0. The third-order valence-electron chi connectivity index (χ3n) is 5.36. The Morgan fingerprint density at radius 1 is 1.32 bits per heavy atom. The van der Waals surface area contributed by atoms with E-state index >= 15 is 0 Å². The first kappa shape index (κ1) is 25.4. The Balaban J connectivity index is 0.00000392. The number of halogens is 1. The van der Waals surface area contributed by atoms with Gasteiger partial charge in [-0.3, -0.25) is 14.7 Å². The molecule has 0 spiro atoms. The minimum Gasteiger partial charge on any atom is -0.374 e. The van der Waals surface area contributed by atoms with E-state index in [9.17, 15) is 4.79 Å². The molecule has 2 atom stereocenters. The van der Waals surface area contributed by atoms with Crippen LogP contribution in [0.25, 0.3) is 0 Å². The highest BCUT2D eigenvalue weighted by Crippen LogP contribution is 2.17. The molecule has 0 saturated carbocycles. The molecule has 0 bridgehead atoms. The maximum absolute atomic E-state index is 12.0. The molecule has 2 aliphatic heterocycles. The van der Waals surface area contributed by atoms with E-state index in [-0.39, 0.29) is 30.1 Å². The van der Waals surface area contributed by atoms with Gasteiger partial charge >= 0.3 is 0 Å². The van der Waals surface area contributed by atoms with Gasteiger partial charge in [0.25, 0.3) is 0 Å². The number of carbonyl (C=O) groups is 1. The Kier molecular flexibility index (Phi) is 12.3. The first-order valence-electron chi connectivity index (χ1n) is 10.6. The minimum atomic E-state index is 0. The predicted molar refractivity (Wildman–Crippen MR) is 125 cm³/mol. The summed E-state index contributed by atoms with van der Waals surface area (Å²) in [5.74, 6) is 1.80. The number of aliphatic imine (C=N–C) groups is 1. The van der Waals surface area contributed by atoms with Gasteiger partial charge in [-0.2, -0.15) is 0 Å². The van der Waals surface area contributed by atoms with Crippen molar-refractivity contribution in [3.05, 3.63) is 0 Å². The van der Waals surface area contributed by atoms with Crippen LogP contribution < -0.4 is 10.6 Å². The smallest absolute Gasteiger partial charge is 0.222 e. The largest absolute Gasteiger partial charge is 0.374 e. The van der Waals surface area contributed by atoms with Crippen LogP contribution in [-0.4, -0.2) is 86.7 Å². The lowest BCUT2D eigenvalue weighted by atomic mass is 10.1. The number of amides is 1. The van der Waals surface area contributed by atoms with Crippen molar-refractivity contribution in [2.45, 2.75) is 58.6 Å². The predicted octanol–water partition coefficient (Wildman–Crippen LogP) is 1.92. The second-order valence-corrected chi connectivity index (χ2v) is 8.07. The second kappa shape index (κ2) is 13.6. The normalized spacial score (nSPS) is 22.3. The zero-order valence-electron chi connectivity index (χ0n) is 18.1. The average molecular weight is 509 g/mol. The number of guanidine groups is 1. The van der Waals surface area contributed by atoms with Crippen LogP contribution in [0.15, 0.2) is 4.99 Å². The van der Waals surface area contributed by atoms with Crippen LogP contribution in [0, 0.1) is 5.92 Å². The molecule has 164 valence electrons. The first-order valence-corrected chi connectivity index (χ1v) is 10.6. The summed E-state index contributed by atoms with van der Waals surface area (Å²) in [6, 6.07) is 0.330. The number of nitrogens with zero attached hydrogens (tertiary/aromatic N) is 3. The summed E-state index contributed by atoms with van der Waals surface area (Å²) in [6.07, 6.45) is 3.86. The topological polar surface area (TPSA) is 69.2 Å². The van der Waals surface area contributed by atoms with Crippen LogP contribution in [-0.2, 0) is 9.53 Å². The molecule has 2 heterocycles. The molecule has 2 fully saturated rings. The molecule has 0 aromatic heterocycles.